The summed E-state index contributed by atoms with van der Waals surface area (Å²) in [5.74, 6) is -0.155. The Hall–Kier alpha value is -4.86. The quantitative estimate of drug-likeness (QED) is 0.295. The van der Waals surface area contributed by atoms with Gasteiger partial charge < -0.3 is 4.74 Å². The van der Waals surface area contributed by atoms with Crippen LogP contribution in [-0.4, -0.2) is 21.5 Å². The number of hydrogen-bond acceptors (Lipinski definition) is 7. The van der Waals surface area contributed by atoms with Crippen LogP contribution in [0, 0.1) is 20.2 Å². The minimum atomic E-state index is -0.747. The molecule has 0 aliphatic carbocycles. The third kappa shape index (κ3) is 4.44. The van der Waals surface area contributed by atoms with Crippen molar-refractivity contribution >= 4 is 34.8 Å². The van der Waals surface area contributed by atoms with E-state index < -0.39 is 21.2 Å². The van der Waals surface area contributed by atoms with Crippen molar-refractivity contribution in [3.05, 3.63) is 104 Å². The first-order valence-electron chi connectivity index (χ1n) is 9.71. The standard InChI is InChI=1S/C23H16N4O6/c1-15-20(23(28)25(24-15)17-7-3-2-4-8-17)13-16-6-5-9-19(12-16)33-22-11-10-18(26(29)30)14-21(22)27(31)32/h2-14H,1H3/b20-13-. The Labute approximate surface area is 187 Å². The number of para-hydroxylation sites is 1. The zero-order valence-corrected chi connectivity index (χ0v) is 17.2. The number of carbonyl (C=O) groups excluding carboxylic acids is 1. The van der Waals surface area contributed by atoms with E-state index in [9.17, 15) is 25.0 Å². The molecular weight excluding hydrogens is 428 g/mol. The van der Waals surface area contributed by atoms with Gasteiger partial charge in [-0.25, -0.2) is 0 Å². The third-order valence-electron chi connectivity index (χ3n) is 4.81. The van der Waals surface area contributed by atoms with Gasteiger partial charge in [-0.1, -0.05) is 30.3 Å². The largest absolute Gasteiger partial charge is 0.450 e. The van der Waals surface area contributed by atoms with Crippen molar-refractivity contribution in [1.82, 2.24) is 0 Å². The summed E-state index contributed by atoms with van der Waals surface area (Å²) in [6.45, 7) is 1.73. The molecule has 0 N–H and O–H groups in total. The van der Waals surface area contributed by atoms with Gasteiger partial charge >= 0.3 is 5.69 Å². The van der Waals surface area contributed by atoms with Gasteiger partial charge in [-0.2, -0.15) is 10.1 Å². The van der Waals surface area contributed by atoms with Gasteiger partial charge in [0.25, 0.3) is 11.6 Å². The number of ether oxygens (including phenoxy) is 1. The first-order valence-corrected chi connectivity index (χ1v) is 9.71. The van der Waals surface area contributed by atoms with Crippen molar-refractivity contribution in [3.63, 3.8) is 0 Å². The topological polar surface area (TPSA) is 128 Å². The van der Waals surface area contributed by atoms with Crippen LogP contribution in [0.15, 0.2) is 83.5 Å². The van der Waals surface area contributed by atoms with Crippen LogP contribution in [0.3, 0.4) is 0 Å². The third-order valence-corrected chi connectivity index (χ3v) is 4.81. The molecule has 0 unspecified atom stereocenters. The number of hydrogen-bond donors (Lipinski definition) is 0. The van der Waals surface area contributed by atoms with Crippen molar-refractivity contribution in [2.45, 2.75) is 6.92 Å². The highest BCUT2D eigenvalue weighted by Crippen LogP contribution is 2.35. The molecule has 1 amide bonds. The van der Waals surface area contributed by atoms with E-state index in [2.05, 4.69) is 5.10 Å². The Bertz CT molecular complexity index is 1330. The van der Waals surface area contributed by atoms with Crippen molar-refractivity contribution in [2.75, 3.05) is 5.01 Å². The summed E-state index contributed by atoms with van der Waals surface area (Å²) in [5.41, 5.74) is 1.27. The summed E-state index contributed by atoms with van der Waals surface area (Å²) < 4.78 is 5.64. The first-order chi connectivity index (χ1) is 15.8. The summed E-state index contributed by atoms with van der Waals surface area (Å²) in [4.78, 5) is 33.7. The maximum atomic E-state index is 12.9. The van der Waals surface area contributed by atoms with Crippen molar-refractivity contribution in [1.29, 1.82) is 0 Å². The maximum absolute atomic E-state index is 12.9. The van der Waals surface area contributed by atoms with Crippen LogP contribution in [0.4, 0.5) is 17.1 Å². The zero-order chi connectivity index (χ0) is 23.5. The number of amides is 1. The monoisotopic (exact) mass is 444 g/mol. The van der Waals surface area contributed by atoms with Crippen LogP contribution in [0.1, 0.15) is 12.5 Å². The Morgan fingerprint density at radius 2 is 1.70 bits per heavy atom. The average Bonchev–Trinajstić information content (AvgIpc) is 3.08. The van der Waals surface area contributed by atoms with Gasteiger partial charge in [-0.05, 0) is 48.9 Å². The van der Waals surface area contributed by atoms with E-state index in [4.69, 9.17) is 4.74 Å². The second-order valence-electron chi connectivity index (χ2n) is 7.04. The lowest BCUT2D eigenvalue weighted by Gasteiger charge is -2.11. The molecule has 0 atom stereocenters. The van der Waals surface area contributed by atoms with Gasteiger partial charge in [0.1, 0.15) is 5.75 Å². The molecule has 33 heavy (non-hydrogen) atoms. The fourth-order valence-corrected chi connectivity index (χ4v) is 3.24. The van der Waals surface area contributed by atoms with Crippen LogP contribution >= 0.6 is 0 Å². The number of nitrogens with zero attached hydrogens (tertiary/aromatic N) is 4. The molecule has 0 aromatic heterocycles. The van der Waals surface area contributed by atoms with E-state index in [1.54, 1.807) is 49.4 Å². The number of hydrazone groups is 1. The van der Waals surface area contributed by atoms with Gasteiger partial charge in [-0.3, -0.25) is 25.0 Å². The summed E-state index contributed by atoms with van der Waals surface area (Å²) in [7, 11) is 0. The second kappa shape index (κ2) is 8.71. The summed E-state index contributed by atoms with van der Waals surface area (Å²) in [5, 5.41) is 27.9. The van der Waals surface area contributed by atoms with E-state index >= 15 is 0 Å². The Kier molecular flexibility index (Phi) is 5.64. The minimum absolute atomic E-state index is 0.139. The number of nitro groups is 2. The molecule has 1 heterocycles. The summed E-state index contributed by atoms with van der Waals surface area (Å²) in [6, 6.07) is 18.8. The SMILES string of the molecule is CC1=NN(c2ccccc2)C(=O)/C1=C\c1cccc(Oc2ccc([N+](=O)[O-])cc2[N+](=O)[O-])c1. The fraction of sp³-hybridized carbons (Fsp3) is 0.0435. The molecule has 1 aliphatic heterocycles. The van der Waals surface area contributed by atoms with Crippen molar-refractivity contribution in [2.24, 2.45) is 5.10 Å². The van der Waals surface area contributed by atoms with Crippen molar-refractivity contribution in [3.8, 4) is 11.5 Å². The highest BCUT2D eigenvalue weighted by atomic mass is 16.6. The van der Waals surface area contributed by atoms with Gasteiger partial charge in [-0.15, -0.1) is 0 Å². The molecule has 10 nitrogen and oxygen atoms in total. The van der Waals surface area contributed by atoms with E-state index in [0.717, 1.165) is 12.1 Å². The number of rotatable bonds is 6. The normalized spacial score (nSPS) is 14.3. The molecular formula is C23H16N4O6. The molecule has 10 heteroatoms. The summed E-state index contributed by atoms with van der Waals surface area (Å²) in [6.07, 6.45) is 1.65. The first kappa shape index (κ1) is 21.4. The Morgan fingerprint density at radius 3 is 2.39 bits per heavy atom. The molecule has 164 valence electrons. The van der Waals surface area contributed by atoms with Crippen molar-refractivity contribution < 1.29 is 19.4 Å². The predicted molar refractivity (Wildman–Crippen MR) is 121 cm³/mol. The second-order valence-corrected chi connectivity index (χ2v) is 7.04. The summed E-state index contributed by atoms with van der Waals surface area (Å²) >= 11 is 0. The van der Waals surface area contributed by atoms with Crippen LogP contribution in [0.5, 0.6) is 11.5 Å². The molecule has 0 radical (unpaired) electrons. The van der Waals surface area contributed by atoms with E-state index in [-0.39, 0.29) is 17.4 Å². The average molecular weight is 444 g/mol. The lowest BCUT2D eigenvalue weighted by molar-refractivity contribution is -0.394. The van der Waals surface area contributed by atoms with Crippen LogP contribution in [0.25, 0.3) is 6.08 Å². The minimum Gasteiger partial charge on any atom is -0.450 e. The van der Waals surface area contributed by atoms with Crippen LogP contribution in [0.2, 0.25) is 0 Å². The highest BCUT2D eigenvalue weighted by Gasteiger charge is 2.28. The molecule has 3 aromatic rings. The molecule has 1 aliphatic rings. The molecule has 0 spiro atoms. The molecule has 3 aromatic carbocycles. The van der Waals surface area contributed by atoms with Gasteiger partial charge in [0.05, 0.1) is 32.9 Å². The Morgan fingerprint density at radius 1 is 0.939 bits per heavy atom. The van der Waals surface area contributed by atoms with Gasteiger partial charge in [0, 0.05) is 6.07 Å². The molecule has 4 rings (SSSR count). The number of benzene rings is 3. The number of non-ortho nitro benzene ring substituents is 1. The Balaban J connectivity index is 1.61. The number of anilines is 1. The van der Waals surface area contributed by atoms with E-state index in [1.165, 1.54) is 11.1 Å². The highest BCUT2D eigenvalue weighted by molar-refractivity contribution is 6.32. The molecule has 0 saturated heterocycles. The molecule has 0 fully saturated rings. The fourth-order valence-electron chi connectivity index (χ4n) is 3.24. The van der Waals surface area contributed by atoms with E-state index in [0.29, 0.717) is 22.5 Å². The lowest BCUT2D eigenvalue weighted by atomic mass is 10.1. The van der Waals surface area contributed by atoms with Gasteiger partial charge in [0.2, 0.25) is 5.75 Å². The van der Waals surface area contributed by atoms with Crippen LogP contribution < -0.4 is 9.75 Å². The smallest absolute Gasteiger partial charge is 0.318 e. The number of nitro benzene ring substituents is 2. The lowest BCUT2D eigenvalue weighted by Crippen LogP contribution is -2.21. The molecule has 0 bridgehead atoms. The van der Waals surface area contributed by atoms with E-state index in [1.807, 2.05) is 18.2 Å². The predicted octanol–water partition coefficient (Wildman–Crippen LogP) is 5.10. The van der Waals surface area contributed by atoms with Gasteiger partial charge in [0.15, 0.2) is 0 Å². The molecule has 0 saturated carbocycles. The maximum Gasteiger partial charge on any atom is 0.318 e. The zero-order valence-electron chi connectivity index (χ0n) is 17.2. The number of carbonyl (C=O) groups is 1. The van der Waals surface area contributed by atoms with Crippen LogP contribution in [-0.2, 0) is 4.79 Å².